The van der Waals surface area contributed by atoms with Crippen LogP contribution in [0, 0.1) is 20.8 Å². The van der Waals surface area contributed by atoms with Crippen LogP contribution < -0.4 is 5.32 Å². The van der Waals surface area contributed by atoms with Gasteiger partial charge in [0.1, 0.15) is 11.6 Å². The normalized spacial score (nSPS) is 10.8. The van der Waals surface area contributed by atoms with Crippen LogP contribution in [0.4, 0.5) is 5.82 Å². The zero-order valence-electron chi connectivity index (χ0n) is 15.6. The molecule has 0 aliphatic rings. The van der Waals surface area contributed by atoms with E-state index in [1.807, 2.05) is 55.7 Å². The van der Waals surface area contributed by atoms with Crippen molar-refractivity contribution in [3.05, 3.63) is 60.1 Å². The molecule has 0 saturated carbocycles. The Hall–Kier alpha value is -2.87. The van der Waals surface area contributed by atoms with E-state index in [1.54, 1.807) is 10.8 Å². The highest BCUT2D eigenvalue weighted by molar-refractivity contribution is 7.99. The monoisotopic (exact) mass is 382 g/mol. The van der Waals surface area contributed by atoms with Gasteiger partial charge in [-0.2, -0.15) is 5.10 Å². The standard InChI is InChI=1S/C19H22N6OS/c1-5-10-24-15(4)21-22-19(24)27-12-18(26)20-17-11-14(3)23-25(17)16-8-6-13(2)7-9-16/h5-9,11H,1,10,12H2,2-4H3,(H,20,26). The van der Waals surface area contributed by atoms with Crippen molar-refractivity contribution in [1.82, 2.24) is 24.5 Å². The average molecular weight is 382 g/mol. The van der Waals surface area contributed by atoms with Gasteiger partial charge in [0, 0.05) is 12.6 Å². The SMILES string of the molecule is C=CCn1c(C)nnc1SCC(=O)Nc1cc(C)nn1-c1ccc(C)cc1. The fourth-order valence-electron chi connectivity index (χ4n) is 2.59. The fraction of sp³-hybridized carbons (Fsp3) is 0.263. The van der Waals surface area contributed by atoms with Crippen molar-refractivity contribution in [2.45, 2.75) is 32.5 Å². The molecule has 2 heterocycles. The molecular weight excluding hydrogens is 360 g/mol. The van der Waals surface area contributed by atoms with Crippen molar-refractivity contribution in [2.24, 2.45) is 0 Å². The number of carbonyl (C=O) groups is 1. The topological polar surface area (TPSA) is 77.6 Å². The van der Waals surface area contributed by atoms with Crippen LogP contribution in [-0.2, 0) is 11.3 Å². The van der Waals surface area contributed by atoms with Crippen LogP contribution in [-0.4, -0.2) is 36.2 Å². The van der Waals surface area contributed by atoms with Gasteiger partial charge < -0.3 is 9.88 Å². The highest BCUT2D eigenvalue weighted by atomic mass is 32.2. The summed E-state index contributed by atoms with van der Waals surface area (Å²) in [6, 6.07) is 9.84. The molecule has 8 heteroatoms. The lowest BCUT2D eigenvalue weighted by atomic mass is 10.2. The summed E-state index contributed by atoms with van der Waals surface area (Å²) in [5.74, 6) is 1.54. The molecule has 1 N–H and O–H groups in total. The van der Waals surface area contributed by atoms with E-state index in [4.69, 9.17) is 0 Å². The molecule has 0 saturated heterocycles. The number of amides is 1. The van der Waals surface area contributed by atoms with Gasteiger partial charge in [-0.05, 0) is 32.9 Å². The predicted octanol–water partition coefficient (Wildman–Crippen LogP) is 3.31. The van der Waals surface area contributed by atoms with E-state index in [0.717, 1.165) is 17.2 Å². The molecule has 27 heavy (non-hydrogen) atoms. The van der Waals surface area contributed by atoms with Gasteiger partial charge >= 0.3 is 0 Å². The number of anilines is 1. The lowest BCUT2D eigenvalue weighted by Gasteiger charge is -2.09. The Morgan fingerprint density at radius 3 is 2.67 bits per heavy atom. The molecule has 0 unspecified atom stereocenters. The summed E-state index contributed by atoms with van der Waals surface area (Å²) in [4.78, 5) is 12.5. The number of rotatable bonds is 7. The van der Waals surface area contributed by atoms with Crippen molar-refractivity contribution in [3.8, 4) is 5.69 Å². The maximum atomic E-state index is 12.5. The van der Waals surface area contributed by atoms with Crippen LogP contribution in [0.5, 0.6) is 0 Å². The van der Waals surface area contributed by atoms with E-state index in [-0.39, 0.29) is 11.7 Å². The van der Waals surface area contributed by atoms with E-state index in [0.29, 0.717) is 17.5 Å². The highest BCUT2D eigenvalue weighted by Gasteiger charge is 2.14. The van der Waals surface area contributed by atoms with Gasteiger partial charge in [-0.25, -0.2) is 4.68 Å². The molecule has 1 aromatic carbocycles. The third-order valence-electron chi connectivity index (χ3n) is 3.92. The molecule has 1 amide bonds. The van der Waals surface area contributed by atoms with Crippen molar-refractivity contribution in [1.29, 1.82) is 0 Å². The van der Waals surface area contributed by atoms with Gasteiger partial charge in [0.2, 0.25) is 5.91 Å². The number of nitrogens with zero attached hydrogens (tertiary/aromatic N) is 5. The second-order valence-corrected chi connectivity index (χ2v) is 7.13. The molecule has 2 aromatic heterocycles. The van der Waals surface area contributed by atoms with Crippen LogP contribution in [0.3, 0.4) is 0 Å². The summed E-state index contributed by atoms with van der Waals surface area (Å²) in [5, 5.41) is 16.3. The summed E-state index contributed by atoms with van der Waals surface area (Å²) in [7, 11) is 0. The molecule has 0 radical (unpaired) electrons. The third kappa shape index (κ3) is 4.46. The average Bonchev–Trinajstić information content (AvgIpc) is 3.17. The molecule has 0 spiro atoms. The number of allylic oxidation sites excluding steroid dienone is 1. The Kier molecular flexibility index (Phi) is 5.75. The molecular formula is C19H22N6OS. The first kappa shape index (κ1) is 18.9. The van der Waals surface area contributed by atoms with Crippen LogP contribution in [0.1, 0.15) is 17.1 Å². The maximum Gasteiger partial charge on any atom is 0.236 e. The largest absolute Gasteiger partial charge is 0.310 e. The minimum atomic E-state index is -0.126. The molecule has 140 valence electrons. The minimum Gasteiger partial charge on any atom is -0.310 e. The Balaban J connectivity index is 1.70. The number of nitrogens with one attached hydrogen (secondary N) is 1. The summed E-state index contributed by atoms with van der Waals surface area (Å²) >= 11 is 1.35. The smallest absolute Gasteiger partial charge is 0.236 e. The molecule has 0 atom stereocenters. The van der Waals surface area contributed by atoms with E-state index < -0.39 is 0 Å². The van der Waals surface area contributed by atoms with Crippen LogP contribution in [0.2, 0.25) is 0 Å². The van der Waals surface area contributed by atoms with Gasteiger partial charge in [0.15, 0.2) is 5.16 Å². The number of benzene rings is 1. The fourth-order valence-corrected chi connectivity index (χ4v) is 3.38. The van der Waals surface area contributed by atoms with Crippen molar-refractivity contribution in [3.63, 3.8) is 0 Å². The minimum absolute atomic E-state index is 0.126. The lowest BCUT2D eigenvalue weighted by molar-refractivity contribution is -0.113. The number of aromatic nitrogens is 5. The van der Waals surface area contributed by atoms with Gasteiger partial charge in [-0.15, -0.1) is 16.8 Å². The van der Waals surface area contributed by atoms with Gasteiger partial charge in [-0.1, -0.05) is 35.5 Å². The first-order chi connectivity index (χ1) is 13.0. The van der Waals surface area contributed by atoms with Crippen LogP contribution >= 0.6 is 11.8 Å². The van der Waals surface area contributed by atoms with E-state index in [9.17, 15) is 4.79 Å². The van der Waals surface area contributed by atoms with Crippen LogP contribution in [0.25, 0.3) is 5.69 Å². The predicted molar refractivity (Wildman–Crippen MR) is 107 cm³/mol. The summed E-state index contributed by atoms with van der Waals surface area (Å²) in [5.41, 5.74) is 2.90. The van der Waals surface area contributed by atoms with Gasteiger partial charge in [0.05, 0.1) is 17.1 Å². The molecule has 0 aliphatic carbocycles. The number of carbonyl (C=O) groups excluding carboxylic acids is 1. The summed E-state index contributed by atoms with van der Waals surface area (Å²) < 4.78 is 3.66. The molecule has 3 aromatic rings. The molecule has 0 aliphatic heterocycles. The molecule has 0 fully saturated rings. The number of hydrogen-bond donors (Lipinski definition) is 1. The van der Waals surface area contributed by atoms with Gasteiger partial charge in [0.25, 0.3) is 0 Å². The van der Waals surface area contributed by atoms with Crippen molar-refractivity contribution in [2.75, 3.05) is 11.1 Å². The lowest BCUT2D eigenvalue weighted by Crippen LogP contribution is -2.17. The Labute approximate surface area is 162 Å². The zero-order valence-corrected chi connectivity index (χ0v) is 16.5. The molecule has 0 bridgehead atoms. The second kappa shape index (κ2) is 8.22. The zero-order chi connectivity index (χ0) is 19.4. The van der Waals surface area contributed by atoms with Crippen LogP contribution in [0.15, 0.2) is 48.1 Å². The Morgan fingerprint density at radius 2 is 1.96 bits per heavy atom. The maximum absolute atomic E-state index is 12.5. The first-order valence-corrected chi connectivity index (χ1v) is 9.53. The Bertz CT molecular complexity index is 957. The van der Waals surface area contributed by atoms with E-state index >= 15 is 0 Å². The number of aryl methyl sites for hydroxylation is 3. The summed E-state index contributed by atoms with van der Waals surface area (Å²) in [6.07, 6.45) is 1.78. The van der Waals surface area contributed by atoms with E-state index in [1.165, 1.54) is 17.3 Å². The van der Waals surface area contributed by atoms with Crippen molar-refractivity contribution >= 4 is 23.5 Å². The summed E-state index contributed by atoms with van der Waals surface area (Å²) in [6.45, 7) is 10.2. The quantitative estimate of drug-likeness (QED) is 0.501. The molecule has 7 nitrogen and oxygen atoms in total. The molecule has 3 rings (SSSR count). The second-order valence-electron chi connectivity index (χ2n) is 6.18. The number of hydrogen-bond acceptors (Lipinski definition) is 5. The van der Waals surface area contributed by atoms with Crippen molar-refractivity contribution < 1.29 is 4.79 Å². The Morgan fingerprint density at radius 1 is 1.22 bits per heavy atom. The first-order valence-electron chi connectivity index (χ1n) is 8.55. The third-order valence-corrected chi connectivity index (χ3v) is 4.89. The highest BCUT2D eigenvalue weighted by Crippen LogP contribution is 2.20. The van der Waals surface area contributed by atoms with E-state index in [2.05, 4.69) is 27.2 Å². The van der Waals surface area contributed by atoms with Gasteiger partial charge in [-0.3, -0.25) is 4.79 Å². The number of thioether (sulfide) groups is 1.